The van der Waals surface area contributed by atoms with Crippen LogP contribution in [0.5, 0.6) is 5.75 Å². The van der Waals surface area contributed by atoms with Crippen LogP contribution in [0.2, 0.25) is 0 Å². The number of fused-ring (bicyclic) bond motifs is 1. The first-order chi connectivity index (χ1) is 9.93. The first-order valence-electron chi connectivity index (χ1n) is 6.89. The van der Waals surface area contributed by atoms with E-state index in [1.54, 1.807) is 29.7 Å². The van der Waals surface area contributed by atoms with Gasteiger partial charge in [-0.3, -0.25) is 4.79 Å². The molecule has 5 heteroatoms. The summed E-state index contributed by atoms with van der Waals surface area (Å²) < 4.78 is 7.04. The first-order valence-corrected chi connectivity index (χ1v) is 6.89. The Labute approximate surface area is 122 Å². The molecule has 0 aliphatic carbocycles. The van der Waals surface area contributed by atoms with Gasteiger partial charge in [0, 0.05) is 17.0 Å². The molecule has 2 rings (SSSR count). The second-order valence-electron chi connectivity index (χ2n) is 5.09. The number of aromatic carboxylic acids is 1. The van der Waals surface area contributed by atoms with Gasteiger partial charge in [0.25, 0.3) is 0 Å². The van der Waals surface area contributed by atoms with Crippen molar-refractivity contribution in [1.29, 1.82) is 0 Å². The highest BCUT2D eigenvalue weighted by molar-refractivity contribution is 5.94. The van der Waals surface area contributed by atoms with E-state index in [1.165, 1.54) is 7.11 Å². The maximum absolute atomic E-state index is 12.5. The van der Waals surface area contributed by atoms with Gasteiger partial charge in [0.2, 0.25) is 0 Å². The van der Waals surface area contributed by atoms with Crippen LogP contribution in [-0.4, -0.2) is 22.8 Å². The second kappa shape index (κ2) is 5.60. The lowest BCUT2D eigenvalue weighted by molar-refractivity contribution is 0.0681. The number of hydrogen-bond donors (Lipinski definition) is 1. The van der Waals surface area contributed by atoms with E-state index in [2.05, 4.69) is 0 Å². The minimum absolute atomic E-state index is 0.0337. The van der Waals surface area contributed by atoms with Crippen molar-refractivity contribution in [2.75, 3.05) is 7.11 Å². The highest BCUT2D eigenvalue weighted by Gasteiger charge is 2.23. The first kappa shape index (κ1) is 15.1. The average molecular weight is 289 g/mol. The van der Waals surface area contributed by atoms with Crippen LogP contribution in [-0.2, 0) is 0 Å². The van der Waals surface area contributed by atoms with Crippen LogP contribution in [0.25, 0.3) is 10.9 Å². The van der Waals surface area contributed by atoms with Crippen molar-refractivity contribution in [3.05, 3.63) is 39.7 Å². The predicted molar refractivity (Wildman–Crippen MR) is 81.5 cm³/mol. The van der Waals surface area contributed by atoms with Gasteiger partial charge in [-0.15, -0.1) is 0 Å². The maximum Gasteiger partial charge on any atom is 0.352 e. The largest absolute Gasteiger partial charge is 0.495 e. The summed E-state index contributed by atoms with van der Waals surface area (Å²) in [5, 5.41) is 10.0. The van der Waals surface area contributed by atoms with E-state index in [-0.39, 0.29) is 22.7 Å². The standard InChI is InChI=1S/C16H19NO4/c1-5-9(2)17-13(16(19)20)10(3)15(18)11-7-6-8-12(21-4)14(11)17/h6-9H,5H2,1-4H3,(H,19,20). The molecule has 0 aliphatic heterocycles. The molecule has 0 saturated carbocycles. The Morgan fingerprint density at radius 1 is 1.43 bits per heavy atom. The molecule has 1 atom stereocenters. The van der Waals surface area contributed by atoms with Gasteiger partial charge in [-0.2, -0.15) is 0 Å². The predicted octanol–water partition coefficient (Wildman–Crippen LogP) is 2.99. The topological polar surface area (TPSA) is 68.5 Å². The summed E-state index contributed by atoms with van der Waals surface area (Å²) >= 11 is 0. The number of nitrogens with zero attached hydrogens (tertiary/aromatic N) is 1. The molecule has 0 amide bonds. The Bertz CT molecular complexity index is 761. The molecule has 1 unspecified atom stereocenters. The van der Waals surface area contributed by atoms with E-state index < -0.39 is 5.97 Å². The summed E-state index contributed by atoms with van der Waals surface area (Å²) in [4.78, 5) is 24.1. The molecule has 0 spiro atoms. The molecule has 5 nitrogen and oxygen atoms in total. The lowest BCUT2D eigenvalue weighted by Gasteiger charge is -2.23. The van der Waals surface area contributed by atoms with Crippen molar-refractivity contribution in [2.24, 2.45) is 0 Å². The van der Waals surface area contributed by atoms with Gasteiger partial charge in [0.1, 0.15) is 11.4 Å². The third kappa shape index (κ3) is 2.28. The maximum atomic E-state index is 12.5. The van der Waals surface area contributed by atoms with Crippen molar-refractivity contribution in [1.82, 2.24) is 4.57 Å². The highest BCUT2D eigenvalue weighted by atomic mass is 16.5. The van der Waals surface area contributed by atoms with Gasteiger partial charge >= 0.3 is 5.97 Å². The lowest BCUT2D eigenvalue weighted by atomic mass is 10.1. The number of carbonyl (C=O) groups is 1. The van der Waals surface area contributed by atoms with Crippen molar-refractivity contribution in [3.63, 3.8) is 0 Å². The Kier molecular flexibility index (Phi) is 4.02. The third-order valence-electron chi connectivity index (χ3n) is 3.88. The van der Waals surface area contributed by atoms with Crippen LogP contribution in [0.15, 0.2) is 23.0 Å². The Hall–Kier alpha value is -2.30. The minimum Gasteiger partial charge on any atom is -0.495 e. The number of carboxylic acid groups (broad SMARTS) is 1. The van der Waals surface area contributed by atoms with Crippen molar-refractivity contribution in [3.8, 4) is 5.75 Å². The minimum atomic E-state index is -1.10. The normalized spacial score (nSPS) is 12.4. The molecule has 1 aromatic heterocycles. The molecular formula is C16H19NO4. The van der Waals surface area contributed by atoms with Crippen LogP contribution in [0.1, 0.15) is 42.4 Å². The molecule has 0 radical (unpaired) electrons. The molecular weight excluding hydrogens is 270 g/mol. The molecule has 2 aromatic rings. The average Bonchev–Trinajstić information content (AvgIpc) is 2.48. The molecule has 1 N–H and O–H groups in total. The van der Waals surface area contributed by atoms with E-state index in [0.717, 1.165) is 6.42 Å². The summed E-state index contributed by atoms with van der Waals surface area (Å²) in [6.45, 7) is 5.47. The summed E-state index contributed by atoms with van der Waals surface area (Å²) in [6, 6.07) is 5.12. The SMILES string of the molecule is CCC(C)n1c(C(=O)O)c(C)c(=O)c2cccc(OC)c21. The number of benzene rings is 1. The van der Waals surface area contributed by atoms with E-state index in [0.29, 0.717) is 16.7 Å². The zero-order valence-electron chi connectivity index (χ0n) is 12.6. The van der Waals surface area contributed by atoms with Crippen molar-refractivity contribution in [2.45, 2.75) is 33.2 Å². The number of para-hydroxylation sites is 1. The fourth-order valence-electron chi connectivity index (χ4n) is 2.61. The summed E-state index contributed by atoms with van der Waals surface area (Å²) in [6.07, 6.45) is 0.746. The van der Waals surface area contributed by atoms with Gasteiger partial charge in [0.15, 0.2) is 5.43 Å². The van der Waals surface area contributed by atoms with Gasteiger partial charge in [-0.1, -0.05) is 13.0 Å². The molecule has 112 valence electrons. The molecule has 0 fully saturated rings. The quantitative estimate of drug-likeness (QED) is 0.939. The molecule has 1 aromatic carbocycles. The van der Waals surface area contributed by atoms with E-state index in [4.69, 9.17) is 4.74 Å². The van der Waals surface area contributed by atoms with Gasteiger partial charge in [-0.05, 0) is 32.4 Å². The van der Waals surface area contributed by atoms with E-state index >= 15 is 0 Å². The van der Waals surface area contributed by atoms with Gasteiger partial charge < -0.3 is 14.4 Å². The molecule has 0 saturated heterocycles. The van der Waals surface area contributed by atoms with Crippen LogP contribution < -0.4 is 10.2 Å². The number of hydrogen-bond acceptors (Lipinski definition) is 3. The molecule has 1 heterocycles. The van der Waals surface area contributed by atoms with E-state index in [1.807, 2.05) is 13.8 Å². The summed E-state index contributed by atoms with van der Waals surface area (Å²) in [7, 11) is 1.51. The smallest absolute Gasteiger partial charge is 0.352 e. The third-order valence-corrected chi connectivity index (χ3v) is 3.88. The lowest BCUT2D eigenvalue weighted by Crippen LogP contribution is -2.24. The number of carboxylic acids is 1. The molecule has 0 bridgehead atoms. The number of rotatable bonds is 4. The van der Waals surface area contributed by atoms with E-state index in [9.17, 15) is 14.7 Å². The van der Waals surface area contributed by atoms with Crippen LogP contribution in [0.4, 0.5) is 0 Å². The fourth-order valence-corrected chi connectivity index (χ4v) is 2.61. The second-order valence-corrected chi connectivity index (χ2v) is 5.09. The Morgan fingerprint density at radius 2 is 2.10 bits per heavy atom. The van der Waals surface area contributed by atoms with Crippen LogP contribution in [0.3, 0.4) is 0 Å². The number of aromatic nitrogens is 1. The van der Waals surface area contributed by atoms with Crippen LogP contribution in [0, 0.1) is 6.92 Å². The van der Waals surface area contributed by atoms with Gasteiger partial charge in [0.05, 0.1) is 12.6 Å². The Balaban J connectivity index is 3.12. The van der Waals surface area contributed by atoms with Crippen LogP contribution >= 0.6 is 0 Å². The number of methoxy groups -OCH3 is 1. The summed E-state index contributed by atoms with van der Waals surface area (Å²) in [5.41, 5.74) is 0.568. The molecule has 0 aliphatic rings. The zero-order chi connectivity index (χ0) is 15.7. The fraction of sp³-hybridized carbons (Fsp3) is 0.375. The number of pyridine rings is 1. The zero-order valence-corrected chi connectivity index (χ0v) is 12.6. The van der Waals surface area contributed by atoms with Crippen molar-refractivity contribution < 1.29 is 14.6 Å². The monoisotopic (exact) mass is 289 g/mol. The van der Waals surface area contributed by atoms with Gasteiger partial charge in [-0.25, -0.2) is 4.79 Å². The highest BCUT2D eigenvalue weighted by Crippen LogP contribution is 2.29. The number of ether oxygens (including phenoxy) is 1. The van der Waals surface area contributed by atoms with Crippen molar-refractivity contribution >= 4 is 16.9 Å². The summed E-state index contributed by atoms with van der Waals surface area (Å²) in [5.74, 6) is -0.592. The molecule has 21 heavy (non-hydrogen) atoms. The Morgan fingerprint density at radius 3 is 2.62 bits per heavy atom.